The number of benzene rings is 1. The van der Waals surface area contributed by atoms with Gasteiger partial charge in [0.25, 0.3) is 0 Å². The Labute approximate surface area is 69.7 Å². The Balaban J connectivity index is 2.82. The van der Waals surface area contributed by atoms with Crippen LogP contribution in [0.5, 0.6) is 0 Å². The van der Waals surface area contributed by atoms with Crippen LogP contribution in [0.1, 0.15) is 6.92 Å². The highest BCUT2D eigenvalue weighted by Crippen LogP contribution is 2.12. The number of rotatable bonds is 2. The van der Waals surface area contributed by atoms with E-state index in [1.807, 2.05) is 6.92 Å². The second-order valence-corrected chi connectivity index (χ2v) is 2.27. The lowest BCUT2D eigenvalue weighted by Crippen LogP contribution is -1.89. The molecule has 0 fully saturated rings. The first-order valence-corrected chi connectivity index (χ1v) is 3.57. The van der Waals surface area contributed by atoms with Crippen LogP contribution in [0, 0.1) is 11.6 Å². The fourth-order valence-electron chi connectivity index (χ4n) is 0.765. The Bertz CT molecular complexity index is 295. The second kappa shape index (κ2) is 3.85. The number of hydrogen-bond donors (Lipinski definition) is 1. The van der Waals surface area contributed by atoms with Gasteiger partial charge in [-0.2, -0.15) is 0 Å². The Morgan fingerprint density at radius 2 is 2.00 bits per heavy atom. The van der Waals surface area contributed by atoms with Crippen molar-refractivity contribution in [1.82, 2.24) is 0 Å². The Kier molecular flexibility index (Phi) is 2.80. The van der Waals surface area contributed by atoms with Gasteiger partial charge in [0.05, 0.1) is 0 Å². The monoisotopic (exact) mass is 169 g/mol. The average molecular weight is 169 g/mol. The van der Waals surface area contributed by atoms with Gasteiger partial charge in [-0.05, 0) is 25.3 Å². The predicted octanol–water partition coefficient (Wildman–Crippen LogP) is 2.91. The lowest BCUT2D eigenvalue weighted by Gasteiger charge is -1.99. The van der Waals surface area contributed by atoms with E-state index in [4.69, 9.17) is 0 Å². The maximum Gasteiger partial charge on any atom is 0.160 e. The van der Waals surface area contributed by atoms with E-state index in [-0.39, 0.29) is 0 Å². The maximum atomic E-state index is 12.6. The van der Waals surface area contributed by atoms with E-state index in [0.717, 1.165) is 12.1 Å². The van der Waals surface area contributed by atoms with Crippen molar-refractivity contribution in [1.29, 1.82) is 0 Å². The van der Waals surface area contributed by atoms with Crippen molar-refractivity contribution in [2.75, 3.05) is 5.32 Å². The van der Waals surface area contributed by atoms with E-state index in [1.54, 1.807) is 12.3 Å². The van der Waals surface area contributed by atoms with Gasteiger partial charge < -0.3 is 5.32 Å². The van der Waals surface area contributed by atoms with Crippen molar-refractivity contribution < 1.29 is 8.78 Å². The highest BCUT2D eigenvalue weighted by atomic mass is 19.2. The van der Waals surface area contributed by atoms with Crippen molar-refractivity contribution in [3.8, 4) is 0 Å². The summed E-state index contributed by atoms with van der Waals surface area (Å²) in [6.45, 7) is 1.83. The first kappa shape index (κ1) is 8.71. The van der Waals surface area contributed by atoms with Crippen LogP contribution in [0.4, 0.5) is 14.5 Å². The molecule has 0 radical (unpaired) electrons. The summed E-state index contributed by atoms with van der Waals surface area (Å²) < 4.78 is 25.0. The van der Waals surface area contributed by atoms with Crippen molar-refractivity contribution in [3.05, 3.63) is 42.1 Å². The molecule has 12 heavy (non-hydrogen) atoms. The number of allylic oxidation sites excluding steroid dienone is 1. The predicted molar refractivity (Wildman–Crippen MR) is 44.8 cm³/mol. The summed E-state index contributed by atoms with van der Waals surface area (Å²) >= 11 is 0. The van der Waals surface area contributed by atoms with Crippen molar-refractivity contribution in [3.63, 3.8) is 0 Å². The zero-order valence-corrected chi connectivity index (χ0v) is 6.64. The topological polar surface area (TPSA) is 12.0 Å². The minimum absolute atomic E-state index is 0.534. The number of hydrogen-bond acceptors (Lipinski definition) is 1. The molecule has 0 spiro atoms. The quantitative estimate of drug-likeness (QED) is 0.717. The van der Waals surface area contributed by atoms with E-state index >= 15 is 0 Å². The zero-order valence-electron chi connectivity index (χ0n) is 6.64. The van der Waals surface area contributed by atoms with Gasteiger partial charge in [0.2, 0.25) is 0 Å². The molecule has 0 aliphatic carbocycles. The van der Waals surface area contributed by atoms with Gasteiger partial charge in [0, 0.05) is 11.8 Å². The van der Waals surface area contributed by atoms with E-state index in [0.29, 0.717) is 5.69 Å². The SMILES string of the molecule is C/C=C/Nc1ccc(F)c(F)c1. The molecule has 1 aromatic carbocycles. The maximum absolute atomic E-state index is 12.6. The van der Waals surface area contributed by atoms with Crippen LogP contribution < -0.4 is 5.32 Å². The zero-order chi connectivity index (χ0) is 8.97. The lowest BCUT2D eigenvalue weighted by atomic mass is 10.3. The molecule has 1 rings (SSSR count). The largest absolute Gasteiger partial charge is 0.362 e. The third-order valence-corrected chi connectivity index (χ3v) is 1.34. The van der Waals surface area contributed by atoms with E-state index in [2.05, 4.69) is 5.32 Å². The number of halogens is 2. The molecule has 0 bridgehead atoms. The van der Waals surface area contributed by atoms with Gasteiger partial charge in [0.15, 0.2) is 11.6 Å². The van der Waals surface area contributed by atoms with Crippen LogP contribution in [0.25, 0.3) is 0 Å². The van der Waals surface area contributed by atoms with Gasteiger partial charge in [-0.15, -0.1) is 0 Å². The summed E-state index contributed by atoms with van der Waals surface area (Å²) in [5.41, 5.74) is 0.534. The summed E-state index contributed by atoms with van der Waals surface area (Å²) in [5, 5.41) is 2.78. The van der Waals surface area contributed by atoms with Crippen molar-refractivity contribution in [2.24, 2.45) is 0 Å². The molecule has 0 saturated carbocycles. The highest BCUT2D eigenvalue weighted by molar-refractivity contribution is 5.45. The fraction of sp³-hybridized carbons (Fsp3) is 0.111. The van der Waals surface area contributed by atoms with Gasteiger partial charge in [0.1, 0.15) is 0 Å². The molecule has 64 valence electrons. The highest BCUT2D eigenvalue weighted by Gasteiger charge is 1.99. The van der Waals surface area contributed by atoms with Crippen LogP contribution in [-0.2, 0) is 0 Å². The number of anilines is 1. The molecule has 0 atom stereocenters. The molecule has 1 N–H and O–H groups in total. The average Bonchev–Trinajstić information content (AvgIpc) is 2.07. The molecule has 0 saturated heterocycles. The minimum Gasteiger partial charge on any atom is -0.362 e. The van der Waals surface area contributed by atoms with E-state index in [9.17, 15) is 8.78 Å². The Hall–Kier alpha value is -1.38. The molecule has 0 unspecified atom stereocenters. The van der Waals surface area contributed by atoms with Crippen molar-refractivity contribution in [2.45, 2.75) is 6.92 Å². The summed E-state index contributed by atoms with van der Waals surface area (Å²) in [6.07, 6.45) is 3.41. The molecule has 0 heterocycles. The summed E-state index contributed by atoms with van der Waals surface area (Å²) in [7, 11) is 0. The molecule has 0 aliphatic rings. The third kappa shape index (κ3) is 2.05. The molecular formula is C9H9F2N. The van der Waals surface area contributed by atoms with Crippen LogP contribution in [0.2, 0.25) is 0 Å². The normalized spacial score (nSPS) is 10.6. The number of nitrogens with one attached hydrogen (secondary N) is 1. The molecule has 0 aliphatic heterocycles. The molecule has 3 heteroatoms. The molecule has 1 aromatic rings. The Morgan fingerprint density at radius 3 is 2.58 bits per heavy atom. The summed E-state index contributed by atoms with van der Waals surface area (Å²) in [6, 6.07) is 3.66. The molecule has 1 nitrogen and oxygen atoms in total. The Morgan fingerprint density at radius 1 is 1.25 bits per heavy atom. The standard InChI is InChI=1S/C9H9F2N/c1-2-5-12-7-3-4-8(10)9(11)6-7/h2-6,12H,1H3/b5-2+. The third-order valence-electron chi connectivity index (χ3n) is 1.34. The van der Waals surface area contributed by atoms with Gasteiger partial charge in [-0.1, -0.05) is 6.08 Å². The van der Waals surface area contributed by atoms with Crippen LogP contribution >= 0.6 is 0 Å². The minimum atomic E-state index is -0.843. The van der Waals surface area contributed by atoms with Gasteiger partial charge in [-0.3, -0.25) is 0 Å². The molecular weight excluding hydrogens is 160 g/mol. The van der Waals surface area contributed by atoms with Crippen LogP contribution in [0.15, 0.2) is 30.5 Å². The van der Waals surface area contributed by atoms with Gasteiger partial charge >= 0.3 is 0 Å². The van der Waals surface area contributed by atoms with Gasteiger partial charge in [-0.25, -0.2) is 8.78 Å². The summed E-state index contributed by atoms with van der Waals surface area (Å²) in [5.74, 6) is -1.68. The second-order valence-electron chi connectivity index (χ2n) is 2.27. The summed E-state index contributed by atoms with van der Waals surface area (Å²) in [4.78, 5) is 0. The van der Waals surface area contributed by atoms with E-state index < -0.39 is 11.6 Å². The molecule has 0 amide bonds. The van der Waals surface area contributed by atoms with Crippen LogP contribution in [-0.4, -0.2) is 0 Å². The van der Waals surface area contributed by atoms with E-state index in [1.165, 1.54) is 6.07 Å². The first-order chi connectivity index (χ1) is 5.74. The molecule has 0 aromatic heterocycles. The lowest BCUT2D eigenvalue weighted by molar-refractivity contribution is 0.509. The van der Waals surface area contributed by atoms with Crippen LogP contribution in [0.3, 0.4) is 0 Å². The smallest absolute Gasteiger partial charge is 0.160 e. The fourth-order valence-corrected chi connectivity index (χ4v) is 0.765. The van der Waals surface area contributed by atoms with Crippen molar-refractivity contribution >= 4 is 5.69 Å². The first-order valence-electron chi connectivity index (χ1n) is 3.57.